The van der Waals surface area contributed by atoms with Crippen LogP contribution in [0.3, 0.4) is 0 Å². The maximum atomic E-state index is 13.4. The number of nitro benzene ring substituents is 1. The molecule has 0 unspecified atom stereocenters. The number of rotatable bonds is 4. The predicted molar refractivity (Wildman–Crippen MR) is 127 cm³/mol. The van der Waals surface area contributed by atoms with Gasteiger partial charge in [-0.1, -0.05) is 30.3 Å². The molecule has 1 aliphatic rings. The number of hydrogen-bond donors (Lipinski definition) is 0. The number of carbonyl (C=O) groups excluding carboxylic acids is 1. The second-order valence-corrected chi connectivity index (χ2v) is 8.16. The summed E-state index contributed by atoms with van der Waals surface area (Å²) < 4.78 is 1.10. The van der Waals surface area contributed by atoms with Gasteiger partial charge in [0.15, 0.2) is 0 Å². The number of benzene rings is 3. The van der Waals surface area contributed by atoms with Gasteiger partial charge in [-0.15, -0.1) is 0 Å². The van der Waals surface area contributed by atoms with Gasteiger partial charge in [-0.3, -0.25) is 19.8 Å². The molecule has 0 spiro atoms. The smallest absolute Gasteiger partial charge is 0.269 e. The van der Waals surface area contributed by atoms with Crippen molar-refractivity contribution in [3.05, 3.63) is 115 Å². The number of hydrogen-bond acceptors (Lipinski definition) is 3. The molecule has 0 saturated carbocycles. The number of carbonyl (C=O) groups is 1. The van der Waals surface area contributed by atoms with E-state index in [0.29, 0.717) is 5.57 Å². The Morgan fingerprint density at radius 2 is 1.70 bits per heavy atom. The van der Waals surface area contributed by atoms with Crippen LogP contribution in [0.15, 0.2) is 84.4 Å². The number of non-ortho nitro benzene ring substituents is 1. The Morgan fingerprint density at radius 1 is 1.00 bits per heavy atom. The molecule has 1 amide bonds. The molecular weight excluding hydrogens is 491 g/mol. The van der Waals surface area contributed by atoms with Crippen LogP contribution in [0, 0.1) is 20.6 Å². The molecule has 5 nitrogen and oxygen atoms in total. The molecule has 3 aromatic carbocycles. The number of anilines is 1. The summed E-state index contributed by atoms with van der Waals surface area (Å²) in [6.07, 6.45) is 3.63. The van der Waals surface area contributed by atoms with E-state index in [0.717, 1.165) is 31.6 Å². The van der Waals surface area contributed by atoms with E-state index >= 15 is 0 Å². The monoisotopic (exact) mass is 508 g/mol. The fraction of sp³-hybridized carbons (Fsp3) is 0.0417. The predicted octanol–water partition coefficient (Wildman–Crippen LogP) is 5.98. The molecule has 1 heterocycles. The van der Waals surface area contributed by atoms with E-state index in [2.05, 4.69) is 22.6 Å². The van der Waals surface area contributed by atoms with Crippen LogP contribution < -0.4 is 4.90 Å². The molecule has 0 aliphatic carbocycles. The molecule has 3 aromatic rings. The van der Waals surface area contributed by atoms with Crippen molar-refractivity contribution >= 4 is 51.6 Å². The molecule has 30 heavy (non-hydrogen) atoms. The first-order valence-electron chi connectivity index (χ1n) is 9.28. The number of aryl methyl sites for hydroxylation is 1. The van der Waals surface area contributed by atoms with E-state index in [1.165, 1.54) is 12.1 Å². The fourth-order valence-electron chi connectivity index (χ4n) is 3.42. The van der Waals surface area contributed by atoms with Crippen molar-refractivity contribution in [2.24, 2.45) is 0 Å². The minimum Gasteiger partial charge on any atom is -0.276 e. The summed E-state index contributed by atoms with van der Waals surface area (Å²) in [6, 6.07) is 21.9. The standard InChI is InChI=1S/C24H17IN2O3/c1-16-13-20(25)9-12-22(16)26-23(18-5-3-2-4-6-18)15-19(24(26)28)14-17-7-10-21(11-8-17)27(29)30/h2-15H,1H3/b19-14+. The summed E-state index contributed by atoms with van der Waals surface area (Å²) in [5, 5.41) is 10.9. The molecule has 0 aromatic heterocycles. The Labute approximate surface area is 187 Å². The van der Waals surface area contributed by atoms with Crippen molar-refractivity contribution in [3.8, 4) is 0 Å². The summed E-state index contributed by atoms with van der Waals surface area (Å²) in [4.78, 5) is 25.6. The summed E-state index contributed by atoms with van der Waals surface area (Å²) >= 11 is 2.26. The van der Waals surface area contributed by atoms with E-state index in [-0.39, 0.29) is 11.6 Å². The van der Waals surface area contributed by atoms with Crippen molar-refractivity contribution in [1.82, 2.24) is 0 Å². The Kier molecular flexibility index (Phi) is 5.50. The lowest BCUT2D eigenvalue weighted by Crippen LogP contribution is -2.25. The van der Waals surface area contributed by atoms with Crippen LogP contribution in [0.25, 0.3) is 11.8 Å². The van der Waals surface area contributed by atoms with Gasteiger partial charge in [-0.25, -0.2) is 0 Å². The van der Waals surface area contributed by atoms with E-state index in [1.54, 1.807) is 23.1 Å². The lowest BCUT2D eigenvalue weighted by molar-refractivity contribution is -0.384. The third kappa shape index (κ3) is 3.91. The normalized spacial score (nSPS) is 14.9. The van der Waals surface area contributed by atoms with Gasteiger partial charge in [0.25, 0.3) is 11.6 Å². The molecule has 0 atom stereocenters. The van der Waals surface area contributed by atoms with Crippen LogP contribution in [0.2, 0.25) is 0 Å². The maximum absolute atomic E-state index is 13.4. The van der Waals surface area contributed by atoms with E-state index in [4.69, 9.17) is 0 Å². The van der Waals surface area contributed by atoms with Crippen molar-refractivity contribution in [2.45, 2.75) is 6.92 Å². The average molecular weight is 508 g/mol. The average Bonchev–Trinajstić information content (AvgIpc) is 3.05. The van der Waals surface area contributed by atoms with Gasteiger partial charge in [-0.05, 0) is 88.7 Å². The Morgan fingerprint density at radius 3 is 2.33 bits per heavy atom. The lowest BCUT2D eigenvalue weighted by Gasteiger charge is -2.23. The summed E-state index contributed by atoms with van der Waals surface area (Å²) in [5.41, 5.74) is 4.87. The third-order valence-corrected chi connectivity index (χ3v) is 5.55. The van der Waals surface area contributed by atoms with Crippen LogP contribution in [-0.4, -0.2) is 10.8 Å². The van der Waals surface area contributed by atoms with Crippen molar-refractivity contribution in [3.63, 3.8) is 0 Å². The van der Waals surface area contributed by atoms with Gasteiger partial charge >= 0.3 is 0 Å². The molecule has 0 N–H and O–H groups in total. The number of halogens is 1. The van der Waals surface area contributed by atoms with Gasteiger partial charge in [0.1, 0.15) is 0 Å². The Hall–Kier alpha value is -3.26. The Balaban J connectivity index is 1.80. The molecule has 0 fully saturated rings. The van der Waals surface area contributed by atoms with Crippen LogP contribution in [-0.2, 0) is 4.79 Å². The molecule has 0 radical (unpaired) electrons. The number of nitrogens with zero attached hydrogens (tertiary/aromatic N) is 2. The van der Waals surface area contributed by atoms with E-state index in [1.807, 2.05) is 61.5 Å². The van der Waals surface area contributed by atoms with Gasteiger partial charge in [0.2, 0.25) is 0 Å². The van der Waals surface area contributed by atoms with Gasteiger partial charge < -0.3 is 0 Å². The van der Waals surface area contributed by atoms with Crippen molar-refractivity contribution in [1.29, 1.82) is 0 Å². The highest BCUT2D eigenvalue weighted by Gasteiger charge is 2.31. The Bertz CT molecular complexity index is 1200. The van der Waals surface area contributed by atoms with E-state index in [9.17, 15) is 14.9 Å². The first-order valence-corrected chi connectivity index (χ1v) is 10.4. The van der Waals surface area contributed by atoms with Crippen LogP contribution in [0.5, 0.6) is 0 Å². The third-order valence-electron chi connectivity index (χ3n) is 4.88. The molecule has 4 rings (SSSR count). The van der Waals surface area contributed by atoms with Gasteiger partial charge in [-0.2, -0.15) is 0 Å². The largest absolute Gasteiger partial charge is 0.276 e. The fourth-order valence-corrected chi connectivity index (χ4v) is 4.06. The van der Waals surface area contributed by atoms with E-state index < -0.39 is 4.92 Å². The summed E-state index contributed by atoms with van der Waals surface area (Å²) in [5.74, 6) is -0.128. The van der Waals surface area contributed by atoms with Crippen LogP contribution in [0.1, 0.15) is 16.7 Å². The highest BCUT2D eigenvalue weighted by molar-refractivity contribution is 14.1. The molecule has 0 bridgehead atoms. The summed E-state index contributed by atoms with van der Waals surface area (Å²) in [7, 11) is 0. The molecule has 1 aliphatic heterocycles. The molecule has 148 valence electrons. The minimum atomic E-state index is -0.438. The maximum Gasteiger partial charge on any atom is 0.269 e. The summed E-state index contributed by atoms with van der Waals surface area (Å²) in [6.45, 7) is 1.99. The number of nitro groups is 1. The molecule has 6 heteroatoms. The zero-order chi connectivity index (χ0) is 21.3. The highest BCUT2D eigenvalue weighted by atomic mass is 127. The SMILES string of the molecule is Cc1cc(I)ccc1N1C(=O)/C(=C/c2ccc([N+](=O)[O-])cc2)C=C1c1ccccc1. The minimum absolute atomic E-state index is 0.0200. The van der Waals surface area contributed by atoms with Gasteiger partial charge in [0.05, 0.1) is 16.3 Å². The van der Waals surface area contributed by atoms with Crippen LogP contribution >= 0.6 is 22.6 Å². The highest BCUT2D eigenvalue weighted by Crippen LogP contribution is 2.37. The zero-order valence-corrected chi connectivity index (χ0v) is 18.2. The quantitative estimate of drug-likeness (QED) is 0.189. The van der Waals surface area contributed by atoms with Crippen molar-refractivity contribution < 1.29 is 9.72 Å². The molecule has 0 saturated heterocycles. The lowest BCUT2D eigenvalue weighted by atomic mass is 10.1. The second-order valence-electron chi connectivity index (χ2n) is 6.92. The molecular formula is C24H17IN2O3. The second kappa shape index (κ2) is 8.23. The first kappa shape index (κ1) is 20.0. The topological polar surface area (TPSA) is 63.5 Å². The van der Waals surface area contributed by atoms with Gasteiger partial charge in [0, 0.05) is 21.3 Å². The number of amides is 1. The van der Waals surface area contributed by atoms with Crippen LogP contribution in [0.4, 0.5) is 11.4 Å². The van der Waals surface area contributed by atoms with Crippen molar-refractivity contribution in [2.75, 3.05) is 4.90 Å². The zero-order valence-electron chi connectivity index (χ0n) is 16.1. The first-order chi connectivity index (χ1) is 14.4.